The van der Waals surface area contributed by atoms with Gasteiger partial charge < -0.3 is 20.1 Å². The number of benzene rings is 2. The van der Waals surface area contributed by atoms with Crippen LogP contribution in [0.4, 0.5) is 18.9 Å². The van der Waals surface area contributed by atoms with Crippen molar-refractivity contribution in [2.24, 2.45) is 5.41 Å². The molecule has 2 unspecified atom stereocenters. The van der Waals surface area contributed by atoms with Gasteiger partial charge in [-0.1, -0.05) is 56.3 Å². The molecule has 1 aliphatic heterocycles. The summed E-state index contributed by atoms with van der Waals surface area (Å²) in [5.41, 5.74) is 3.11. The summed E-state index contributed by atoms with van der Waals surface area (Å²) in [6.45, 7) is 14.8. The number of aromatic nitrogens is 1. The predicted molar refractivity (Wildman–Crippen MR) is 168 cm³/mol. The van der Waals surface area contributed by atoms with Crippen LogP contribution in [0.15, 0.2) is 54.6 Å². The number of carboxylic acid groups (broad SMARTS) is 1. The van der Waals surface area contributed by atoms with E-state index in [1.807, 2.05) is 6.92 Å². The number of aryl methyl sites for hydroxylation is 2. The number of carbonyl (C=O) groups excluding carboxylic acids is 1. The quantitative estimate of drug-likeness (QED) is 0.264. The number of alkyl halides is 3. The smallest absolute Gasteiger partial charge is 0.412 e. The molecule has 2 atom stereocenters. The summed E-state index contributed by atoms with van der Waals surface area (Å²) < 4.78 is 47.8. The number of carboxylic acids is 1. The molecule has 2 heterocycles. The van der Waals surface area contributed by atoms with Gasteiger partial charge in [-0.25, -0.2) is 4.79 Å². The standard InChI is InChI=1S/C35H42F3N3O4/c1-21-26(23-13-15-25(16-14-23)31(42)40-30(35(36,37)38)24-11-9-8-10-12-24)28(41-19-17-34(6,7)18-20-41)27(22(2)39-21)29(32(43)44)45-33(3,4)5/h8-16,29-30H,17-20H2,1-7H3,(H,40,42)(H,43,44). The summed E-state index contributed by atoms with van der Waals surface area (Å²) in [6, 6.07) is 11.4. The Morgan fingerprint density at radius 3 is 2.04 bits per heavy atom. The summed E-state index contributed by atoms with van der Waals surface area (Å²) in [6.07, 6.45) is -4.19. The number of nitrogens with one attached hydrogen (secondary N) is 1. The third kappa shape index (κ3) is 8.03. The molecule has 3 aromatic rings. The molecule has 1 amide bonds. The Morgan fingerprint density at radius 2 is 1.53 bits per heavy atom. The molecule has 0 radical (unpaired) electrons. The number of pyridine rings is 1. The van der Waals surface area contributed by atoms with Crippen LogP contribution in [-0.4, -0.2) is 46.8 Å². The number of rotatable bonds is 8. The van der Waals surface area contributed by atoms with Crippen LogP contribution in [0.1, 0.15) is 92.5 Å². The third-order valence-corrected chi connectivity index (χ3v) is 8.14. The van der Waals surface area contributed by atoms with E-state index in [0.29, 0.717) is 46.9 Å². The highest BCUT2D eigenvalue weighted by Gasteiger charge is 2.42. The van der Waals surface area contributed by atoms with E-state index in [9.17, 15) is 27.9 Å². The molecule has 0 aliphatic carbocycles. The monoisotopic (exact) mass is 625 g/mol. The maximum absolute atomic E-state index is 13.9. The van der Waals surface area contributed by atoms with Gasteiger partial charge in [0, 0.05) is 41.2 Å². The lowest BCUT2D eigenvalue weighted by Crippen LogP contribution is -2.39. The lowest BCUT2D eigenvalue weighted by molar-refractivity contribution is -0.160. The molecule has 0 spiro atoms. The van der Waals surface area contributed by atoms with Crippen molar-refractivity contribution in [3.05, 3.63) is 82.7 Å². The fourth-order valence-corrected chi connectivity index (χ4v) is 5.76. The zero-order chi connectivity index (χ0) is 33.3. The number of amides is 1. The van der Waals surface area contributed by atoms with Crippen molar-refractivity contribution < 1.29 is 32.6 Å². The molecular formula is C35H42F3N3O4. The van der Waals surface area contributed by atoms with Crippen molar-refractivity contribution in [1.82, 2.24) is 10.3 Å². The second kappa shape index (κ2) is 12.8. The Bertz CT molecular complexity index is 1520. The van der Waals surface area contributed by atoms with Gasteiger partial charge in [-0.15, -0.1) is 0 Å². The van der Waals surface area contributed by atoms with Gasteiger partial charge in [0.05, 0.1) is 11.3 Å². The molecule has 0 saturated carbocycles. The van der Waals surface area contributed by atoms with Crippen molar-refractivity contribution in [2.75, 3.05) is 18.0 Å². The number of hydrogen-bond donors (Lipinski definition) is 2. The van der Waals surface area contributed by atoms with Gasteiger partial charge in [0.25, 0.3) is 5.91 Å². The van der Waals surface area contributed by atoms with Crippen molar-refractivity contribution in [2.45, 2.75) is 85.2 Å². The number of hydrogen-bond acceptors (Lipinski definition) is 5. The summed E-state index contributed by atoms with van der Waals surface area (Å²) in [4.78, 5) is 32.7. The average molecular weight is 626 g/mol. The van der Waals surface area contributed by atoms with Crippen LogP contribution in [-0.2, 0) is 9.53 Å². The molecule has 4 rings (SSSR count). The van der Waals surface area contributed by atoms with Gasteiger partial charge in [-0.05, 0) is 76.1 Å². The first-order chi connectivity index (χ1) is 20.9. The van der Waals surface area contributed by atoms with Crippen LogP contribution in [0.5, 0.6) is 0 Å². The molecule has 10 heteroatoms. The van der Waals surface area contributed by atoms with E-state index in [4.69, 9.17) is 9.72 Å². The summed E-state index contributed by atoms with van der Waals surface area (Å²) >= 11 is 0. The van der Waals surface area contributed by atoms with E-state index >= 15 is 0 Å². The van der Waals surface area contributed by atoms with Crippen LogP contribution in [0, 0.1) is 19.3 Å². The number of piperidine rings is 1. The molecule has 45 heavy (non-hydrogen) atoms. The number of nitrogens with zero attached hydrogens (tertiary/aromatic N) is 2. The van der Waals surface area contributed by atoms with Crippen LogP contribution < -0.4 is 10.2 Å². The van der Waals surface area contributed by atoms with E-state index in [1.54, 1.807) is 45.9 Å². The van der Waals surface area contributed by atoms with E-state index in [1.165, 1.54) is 36.4 Å². The van der Waals surface area contributed by atoms with Gasteiger partial charge in [0.2, 0.25) is 0 Å². The van der Waals surface area contributed by atoms with Gasteiger partial charge in [0.1, 0.15) is 0 Å². The van der Waals surface area contributed by atoms with Gasteiger partial charge >= 0.3 is 12.1 Å². The minimum atomic E-state index is -4.69. The minimum Gasteiger partial charge on any atom is -0.479 e. The molecule has 2 aromatic carbocycles. The van der Waals surface area contributed by atoms with Crippen molar-refractivity contribution in [1.29, 1.82) is 0 Å². The maximum atomic E-state index is 13.9. The van der Waals surface area contributed by atoms with E-state index in [2.05, 4.69) is 24.1 Å². The van der Waals surface area contributed by atoms with Crippen LogP contribution in [0.3, 0.4) is 0 Å². The number of aliphatic carboxylic acids is 1. The first-order valence-electron chi connectivity index (χ1n) is 15.1. The second-order valence-corrected chi connectivity index (χ2v) is 13.5. The fourth-order valence-electron chi connectivity index (χ4n) is 5.76. The Balaban J connectivity index is 1.79. The zero-order valence-electron chi connectivity index (χ0n) is 26.9. The number of carbonyl (C=O) groups is 2. The highest BCUT2D eigenvalue weighted by atomic mass is 19.4. The Hall–Kier alpha value is -3.92. The molecule has 1 saturated heterocycles. The highest BCUT2D eigenvalue weighted by molar-refractivity contribution is 5.96. The minimum absolute atomic E-state index is 0.0580. The van der Waals surface area contributed by atoms with Crippen molar-refractivity contribution in [3.63, 3.8) is 0 Å². The lowest BCUT2D eigenvalue weighted by Gasteiger charge is -2.41. The zero-order valence-corrected chi connectivity index (χ0v) is 26.9. The van der Waals surface area contributed by atoms with Crippen molar-refractivity contribution in [3.8, 4) is 11.1 Å². The summed E-state index contributed by atoms with van der Waals surface area (Å²) in [7, 11) is 0. The van der Waals surface area contributed by atoms with Crippen LogP contribution in [0.2, 0.25) is 0 Å². The van der Waals surface area contributed by atoms with Gasteiger partial charge in [-0.3, -0.25) is 9.78 Å². The lowest BCUT2D eigenvalue weighted by atomic mass is 9.81. The average Bonchev–Trinajstić information content (AvgIpc) is 2.94. The highest BCUT2D eigenvalue weighted by Crippen LogP contribution is 2.45. The molecule has 242 valence electrons. The predicted octanol–water partition coefficient (Wildman–Crippen LogP) is 7.97. The molecule has 1 fully saturated rings. The van der Waals surface area contributed by atoms with Gasteiger partial charge in [0.15, 0.2) is 12.1 Å². The number of anilines is 1. The fraction of sp³-hybridized carbons (Fsp3) is 0.457. The Morgan fingerprint density at radius 1 is 0.956 bits per heavy atom. The third-order valence-electron chi connectivity index (χ3n) is 8.14. The normalized spacial score (nSPS) is 16.6. The Kier molecular flexibility index (Phi) is 9.68. The van der Waals surface area contributed by atoms with Gasteiger partial charge in [-0.2, -0.15) is 13.2 Å². The molecule has 2 N–H and O–H groups in total. The largest absolute Gasteiger partial charge is 0.479 e. The summed E-state index contributed by atoms with van der Waals surface area (Å²) in [5.74, 6) is -2.00. The first-order valence-corrected chi connectivity index (χ1v) is 15.1. The van der Waals surface area contributed by atoms with Crippen LogP contribution >= 0.6 is 0 Å². The molecule has 0 bridgehead atoms. The first kappa shape index (κ1) is 34.0. The summed E-state index contributed by atoms with van der Waals surface area (Å²) in [5, 5.41) is 12.5. The second-order valence-electron chi connectivity index (χ2n) is 13.5. The van der Waals surface area contributed by atoms with E-state index in [0.717, 1.165) is 12.8 Å². The van der Waals surface area contributed by atoms with Crippen molar-refractivity contribution >= 4 is 17.6 Å². The SMILES string of the molecule is Cc1nc(C)c(C(OC(C)(C)C)C(=O)O)c(N2CCC(C)(C)CC2)c1-c1ccc(C(=O)NC(c2ccccc2)C(F)(F)F)cc1. The molecule has 1 aromatic heterocycles. The Labute approximate surface area is 262 Å². The topological polar surface area (TPSA) is 91.8 Å². The molecule has 7 nitrogen and oxygen atoms in total. The molecule has 1 aliphatic rings. The maximum Gasteiger partial charge on any atom is 0.412 e. The number of ether oxygens (including phenoxy) is 1. The molecular weight excluding hydrogens is 583 g/mol. The van der Waals surface area contributed by atoms with E-state index in [-0.39, 0.29) is 16.5 Å². The van der Waals surface area contributed by atoms with E-state index < -0.39 is 35.8 Å². The number of halogens is 3. The van der Waals surface area contributed by atoms with Crippen LogP contribution in [0.25, 0.3) is 11.1 Å².